The quantitative estimate of drug-likeness (QED) is 0.849. The van der Waals surface area contributed by atoms with E-state index < -0.39 is 9.84 Å². The van der Waals surface area contributed by atoms with Crippen LogP contribution in [0.3, 0.4) is 0 Å². The molecule has 0 aliphatic heterocycles. The fraction of sp³-hybridized carbons (Fsp3) is 0.538. The molecule has 0 aromatic heterocycles. The van der Waals surface area contributed by atoms with Crippen molar-refractivity contribution in [1.29, 1.82) is 0 Å². The largest absolute Gasteiger partial charge is 0.384 e. The fourth-order valence-corrected chi connectivity index (χ4v) is 3.29. The summed E-state index contributed by atoms with van der Waals surface area (Å²) in [5.41, 5.74) is 2.14. The first-order chi connectivity index (χ1) is 7.89. The van der Waals surface area contributed by atoms with Crippen molar-refractivity contribution in [3.8, 4) is 0 Å². The summed E-state index contributed by atoms with van der Waals surface area (Å²) >= 11 is 0. The molecule has 1 rings (SSSR count). The predicted molar refractivity (Wildman–Crippen MR) is 73.2 cm³/mol. The van der Waals surface area contributed by atoms with Crippen molar-refractivity contribution in [3.63, 3.8) is 0 Å². The van der Waals surface area contributed by atoms with Crippen LogP contribution in [-0.4, -0.2) is 26.5 Å². The van der Waals surface area contributed by atoms with Crippen LogP contribution in [0, 0.1) is 12.8 Å². The molecule has 1 N–H and O–H groups in total. The molecule has 17 heavy (non-hydrogen) atoms. The van der Waals surface area contributed by atoms with Gasteiger partial charge in [0, 0.05) is 12.2 Å². The predicted octanol–water partition coefficient (Wildman–Crippen LogP) is 2.48. The van der Waals surface area contributed by atoms with Crippen LogP contribution in [0.4, 0.5) is 5.69 Å². The van der Waals surface area contributed by atoms with Gasteiger partial charge in [-0.3, -0.25) is 0 Å². The van der Waals surface area contributed by atoms with Gasteiger partial charge in [-0.25, -0.2) is 8.42 Å². The summed E-state index contributed by atoms with van der Waals surface area (Å²) in [5, 5.41) is 3.14. The summed E-state index contributed by atoms with van der Waals surface area (Å²) in [4.78, 5) is 0. The van der Waals surface area contributed by atoms with E-state index in [1.54, 1.807) is 0 Å². The van der Waals surface area contributed by atoms with Crippen LogP contribution < -0.4 is 5.32 Å². The lowest BCUT2D eigenvalue weighted by Gasteiger charge is -2.09. The molecule has 0 atom stereocenters. The number of rotatable bonds is 6. The topological polar surface area (TPSA) is 46.2 Å². The number of sulfone groups is 1. The highest BCUT2D eigenvalue weighted by Gasteiger charge is 2.12. The molecule has 1 aromatic carbocycles. The second kappa shape index (κ2) is 6.05. The zero-order valence-electron chi connectivity index (χ0n) is 10.7. The van der Waals surface area contributed by atoms with Crippen molar-refractivity contribution in [2.45, 2.75) is 20.8 Å². The van der Waals surface area contributed by atoms with Gasteiger partial charge in [0.25, 0.3) is 0 Å². The van der Waals surface area contributed by atoms with Gasteiger partial charge in [0.1, 0.15) is 0 Å². The van der Waals surface area contributed by atoms with E-state index in [1.807, 2.05) is 45.0 Å². The molecule has 0 aliphatic carbocycles. The van der Waals surface area contributed by atoms with Crippen molar-refractivity contribution in [2.24, 2.45) is 5.92 Å². The molecular formula is C13H21NO2S. The third-order valence-corrected chi connectivity index (χ3v) is 4.35. The maximum Gasteiger partial charge on any atom is 0.152 e. The van der Waals surface area contributed by atoms with Crippen molar-refractivity contribution in [3.05, 3.63) is 29.8 Å². The Morgan fingerprint density at radius 2 is 2.00 bits per heavy atom. The smallest absolute Gasteiger partial charge is 0.152 e. The Kier molecular flexibility index (Phi) is 5.00. The van der Waals surface area contributed by atoms with E-state index in [9.17, 15) is 8.42 Å². The van der Waals surface area contributed by atoms with Crippen molar-refractivity contribution < 1.29 is 8.42 Å². The van der Waals surface area contributed by atoms with E-state index in [1.165, 1.54) is 5.56 Å². The Balaban J connectivity index is 2.43. The van der Waals surface area contributed by atoms with Crippen molar-refractivity contribution in [2.75, 3.05) is 23.4 Å². The third kappa shape index (κ3) is 5.73. The Morgan fingerprint density at radius 1 is 1.29 bits per heavy atom. The lowest BCUT2D eigenvalue weighted by Crippen LogP contribution is -2.20. The SMILES string of the molecule is Cc1cccc(NCCS(=O)(=O)CC(C)C)c1. The first-order valence-corrected chi connectivity index (χ1v) is 7.72. The molecule has 0 saturated heterocycles. The van der Waals surface area contributed by atoms with Crippen LogP contribution in [0.5, 0.6) is 0 Å². The molecule has 0 unspecified atom stereocenters. The monoisotopic (exact) mass is 255 g/mol. The first kappa shape index (κ1) is 14.0. The number of nitrogens with one attached hydrogen (secondary N) is 1. The van der Waals surface area contributed by atoms with Gasteiger partial charge in [0.15, 0.2) is 9.84 Å². The van der Waals surface area contributed by atoms with Gasteiger partial charge in [0.2, 0.25) is 0 Å². The maximum atomic E-state index is 11.7. The minimum atomic E-state index is -2.92. The minimum Gasteiger partial charge on any atom is -0.384 e. The Hall–Kier alpha value is -1.03. The molecule has 0 fully saturated rings. The van der Waals surface area contributed by atoms with Gasteiger partial charge >= 0.3 is 0 Å². The highest BCUT2D eigenvalue weighted by molar-refractivity contribution is 7.91. The van der Waals surface area contributed by atoms with E-state index in [4.69, 9.17) is 0 Å². The van der Waals surface area contributed by atoms with Crippen LogP contribution in [0.1, 0.15) is 19.4 Å². The molecule has 96 valence electrons. The lowest BCUT2D eigenvalue weighted by atomic mass is 10.2. The number of benzene rings is 1. The molecular weight excluding hydrogens is 234 g/mol. The summed E-state index contributed by atoms with van der Waals surface area (Å²) in [6, 6.07) is 7.93. The first-order valence-electron chi connectivity index (χ1n) is 5.90. The number of hydrogen-bond acceptors (Lipinski definition) is 3. The summed E-state index contributed by atoms with van der Waals surface area (Å²) in [5.74, 6) is 0.653. The van der Waals surface area contributed by atoms with Crippen LogP contribution in [0.25, 0.3) is 0 Å². The fourth-order valence-electron chi connectivity index (χ4n) is 1.70. The second-order valence-electron chi connectivity index (χ2n) is 4.80. The molecule has 1 aromatic rings. The summed E-state index contributed by atoms with van der Waals surface area (Å²) < 4.78 is 23.3. The number of anilines is 1. The van der Waals surface area contributed by atoms with Gasteiger partial charge in [0.05, 0.1) is 11.5 Å². The molecule has 0 heterocycles. The minimum absolute atomic E-state index is 0.193. The Labute approximate surface area is 104 Å². The number of hydrogen-bond donors (Lipinski definition) is 1. The summed E-state index contributed by atoms with van der Waals surface area (Å²) in [6.07, 6.45) is 0. The molecule has 0 radical (unpaired) electrons. The van der Waals surface area contributed by atoms with Gasteiger partial charge in [-0.15, -0.1) is 0 Å². The summed E-state index contributed by atoms with van der Waals surface area (Å²) in [7, 11) is -2.92. The van der Waals surface area contributed by atoms with Crippen molar-refractivity contribution >= 4 is 15.5 Å². The van der Waals surface area contributed by atoms with E-state index in [0.29, 0.717) is 6.54 Å². The highest BCUT2D eigenvalue weighted by Crippen LogP contribution is 2.09. The molecule has 0 saturated carbocycles. The highest BCUT2D eigenvalue weighted by atomic mass is 32.2. The van der Waals surface area contributed by atoms with Gasteiger partial charge in [-0.05, 0) is 30.5 Å². The molecule has 0 aliphatic rings. The van der Waals surface area contributed by atoms with Gasteiger partial charge in [-0.1, -0.05) is 26.0 Å². The van der Waals surface area contributed by atoms with Gasteiger partial charge < -0.3 is 5.32 Å². The van der Waals surface area contributed by atoms with Crippen LogP contribution in [0.2, 0.25) is 0 Å². The average molecular weight is 255 g/mol. The molecule has 0 bridgehead atoms. The average Bonchev–Trinajstić information content (AvgIpc) is 2.15. The van der Waals surface area contributed by atoms with Crippen LogP contribution in [-0.2, 0) is 9.84 Å². The normalized spacial score (nSPS) is 11.8. The van der Waals surface area contributed by atoms with E-state index in [2.05, 4.69) is 5.32 Å². The molecule has 0 spiro atoms. The van der Waals surface area contributed by atoms with E-state index in [0.717, 1.165) is 5.69 Å². The second-order valence-corrected chi connectivity index (χ2v) is 7.03. The van der Waals surface area contributed by atoms with E-state index in [-0.39, 0.29) is 17.4 Å². The van der Waals surface area contributed by atoms with E-state index >= 15 is 0 Å². The standard InChI is InChI=1S/C13H21NO2S/c1-11(2)10-17(15,16)8-7-14-13-6-4-5-12(3)9-13/h4-6,9,11,14H,7-8,10H2,1-3H3. The zero-order chi connectivity index (χ0) is 12.9. The molecule has 4 heteroatoms. The third-order valence-electron chi connectivity index (χ3n) is 2.35. The Bertz CT molecular complexity index is 452. The molecule has 0 amide bonds. The summed E-state index contributed by atoms with van der Waals surface area (Å²) in [6.45, 7) is 6.33. The van der Waals surface area contributed by atoms with Gasteiger partial charge in [-0.2, -0.15) is 0 Å². The van der Waals surface area contributed by atoms with Crippen molar-refractivity contribution in [1.82, 2.24) is 0 Å². The van der Waals surface area contributed by atoms with Crippen LogP contribution in [0.15, 0.2) is 24.3 Å². The molecule has 3 nitrogen and oxygen atoms in total. The lowest BCUT2D eigenvalue weighted by molar-refractivity contribution is 0.583. The zero-order valence-corrected chi connectivity index (χ0v) is 11.5. The maximum absolute atomic E-state index is 11.7. The number of aryl methyl sites for hydroxylation is 1. The van der Waals surface area contributed by atoms with Crippen LogP contribution >= 0.6 is 0 Å². The Morgan fingerprint density at radius 3 is 2.59 bits per heavy atom.